The molecule has 0 saturated carbocycles. The van der Waals surface area contributed by atoms with Crippen molar-refractivity contribution in [2.75, 3.05) is 6.61 Å². The van der Waals surface area contributed by atoms with E-state index in [2.05, 4.69) is 10.6 Å². The molecule has 0 radical (unpaired) electrons. The Kier molecular flexibility index (Phi) is 5.28. The maximum atomic E-state index is 12.0. The van der Waals surface area contributed by atoms with E-state index in [1.807, 2.05) is 42.5 Å². The number of carbonyl (C=O) groups excluding carboxylic acids is 1. The maximum absolute atomic E-state index is 12.0. The van der Waals surface area contributed by atoms with Crippen LogP contribution in [0.25, 0.3) is 0 Å². The molecular formula is C15H17IN2O3S. The number of ketones is 1. The summed E-state index contributed by atoms with van der Waals surface area (Å²) in [5, 5.41) is 16.6. The van der Waals surface area contributed by atoms with Crippen molar-refractivity contribution in [1.29, 1.82) is 0 Å². The molecule has 118 valence electrons. The number of aromatic hydroxyl groups is 1. The number of thiocarbonyl (C=S) groups is 1. The van der Waals surface area contributed by atoms with Crippen LogP contribution >= 0.6 is 34.8 Å². The Morgan fingerprint density at radius 1 is 1.50 bits per heavy atom. The number of halogens is 1. The molecule has 0 unspecified atom stereocenters. The Morgan fingerprint density at radius 3 is 2.77 bits per heavy atom. The van der Waals surface area contributed by atoms with Crippen molar-refractivity contribution in [3.63, 3.8) is 0 Å². The number of benzene rings is 1. The number of nitrogens with one attached hydrogen (secondary N) is 2. The molecule has 0 saturated heterocycles. The van der Waals surface area contributed by atoms with Crippen LogP contribution in [0.5, 0.6) is 11.5 Å². The second-order valence-corrected chi connectivity index (χ2v) is 6.48. The molecule has 0 amide bonds. The summed E-state index contributed by atoms with van der Waals surface area (Å²) >= 11 is 7.23. The molecule has 5 nitrogen and oxygen atoms in total. The predicted molar refractivity (Wildman–Crippen MR) is 97.0 cm³/mol. The Balaban J connectivity index is 2.56. The van der Waals surface area contributed by atoms with Crippen molar-refractivity contribution in [3.8, 4) is 11.5 Å². The van der Waals surface area contributed by atoms with Gasteiger partial charge in [0.1, 0.15) is 0 Å². The van der Waals surface area contributed by atoms with Gasteiger partial charge in [-0.1, -0.05) is 0 Å². The molecule has 1 heterocycles. The van der Waals surface area contributed by atoms with Crippen LogP contribution in [0.2, 0.25) is 0 Å². The Labute approximate surface area is 148 Å². The summed E-state index contributed by atoms with van der Waals surface area (Å²) in [7, 11) is 0. The highest BCUT2D eigenvalue weighted by Gasteiger charge is 2.28. The second-order valence-electron chi connectivity index (χ2n) is 4.91. The minimum Gasteiger partial charge on any atom is -0.504 e. The van der Waals surface area contributed by atoms with Crippen LogP contribution in [-0.4, -0.2) is 22.6 Å². The number of hydrogen-bond acceptors (Lipinski definition) is 4. The van der Waals surface area contributed by atoms with Crippen LogP contribution in [0.15, 0.2) is 23.4 Å². The summed E-state index contributed by atoms with van der Waals surface area (Å²) in [6.07, 6.45) is 0. The van der Waals surface area contributed by atoms with E-state index in [1.54, 1.807) is 6.07 Å². The van der Waals surface area contributed by atoms with E-state index in [4.69, 9.17) is 17.0 Å². The molecule has 0 spiro atoms. The van der Waals surface area contributed by atoms with Crippen molar-refractivity contribution in [2.45, 2.75) is 26.8 Å². The minimum atomic E-state index is -0.362. The van der Waals surface area contributed by atoms with Crippen LogP contribution in [0.3, 0.4) is 0 Å². The molecule has 22 heavy (non-hydrogen) atoms. The van der Waals surface area contributed by atoms with E-state index in [0.717, 1.165) is 11.3 Å². The van der Waals surface area contributed by atoms with Gasteiger partial charge in [-0.3, -0.25) is 4.79 Å². The van der Waals surface area contributed by atoms with E-state index in [1.165, 1.54) is 6.92 Å². The highest BCUT2D eigenvalue weighted by Crippen LogP contribution is 2.37. The fraction of sp³-hybridized carbons (Fsp3) is 0.333. The van der Waals surface area contributed by atoms with E-state index in [9.17, 15) is 9.90 Å². The number of allylic oxidation sites excluding steroid dienone is 1. The van der Waals surface area contributed by atoms with Crippen LogP contribution in [0.4, 0.5) is 0 Å². The van der Waals surface area contributed by atoms with Crippen LogP contribution in [0, 0.1) is 3.57 Å². The zero-order valence-electron chi connectivity index (χ0n) is 12.5. The smallest absolute Gasteiger partial charge is 0.171 e. The first-order valence-corrected chi connectivity index (χ1v) is 8.28. The van der Waals surface area contributed by atoms with Gasteiger partial charge in [0, 0.05) is 11.3 Å². The summed E-state index contributed by atoms with van der Waals surface area (Å²) in [5.74, 6) is 0.468. The molecule has 1 aromatic rings. The summed E-state index contributed by atoms with van der Waals surface area (Å²) in [4.78, 5) is 12.0. The molecule has 3 N–H and O–H groups in total. The van der Waals surface area contributed by atoms with E-state index in [0.29, 0.717) is 26.6 Å². The van der Waals surface area contributed by atoms with Gasteiger partial charge in [0.15, 0.2) is 22.4 Å². The third-order valence-corrected chi connectivity index (χ3v) is 4.37. The van der Waals surface area contributed by atoms with Gasteiger partial charge in [-0.2, -0.15) is 0 Å². The van der Waals surface area contributed by atoms with E-state index >= 15 is 0 Å². The van der Waals surface area contributed by atoms with Gasteiger partial charge in [-0.15, -0.1) is 0 Å². The average molecular weight is 432 g/mol. The van der Waals surface area contributed by atoms with Gasteiger partial charge in [0.05, 0.1) is 16.2 Å². The Morgan fingerprint density at radius 2 is 2.18 bits per heavy atom. The normalized spacial score (nSPS) is 17.8. The van der Waals surface area contributed by atoms with Crippen LogP contribution in [0.1, 0.15) is 32.4 Å². The van der Waals surface area contributed by atoms with Crippen molar-refractivity contribution >= 4 is 45.7 Å². The number of ether oxygens (including phenoxy) is 1. The van der Waals surface area contributed by atoms with Gasteiger partial charge >= 0.3 is 0 Å². The number of carbonyl (C=O) groups is 1. The number of Topliss-reactive ketones (excluding diaryl/α,β-unsaturated/α-hetero) is 1. The SMILES string of the molecule is CCOc1cc([C@@H]2NC(=S)NC(C)=C2C(C)=O)cc(I)c1O. The van der Waals surface area contributed by atoms with Crippen molar-refractivity contribution in [2.24, 2.45) is 0 Å². The minimum absolute atomic E-state index is 0.0361. The lowest BCUT2D eigenvalue weighted by atomic mass is 9.93. The number of phenolic OH excluding ortho intramolecular Hbond substituents is 1. The van der Waals surface area contributed by atoms with Gasteiger partial charge in [-0.05, 0) is 73.3 Å². The fourth-order valence-corrected chi connectivity index (χ4v) is 3.33. The summed E-state index contributed by atoms with van der Waals surface area (Å²) < 4.78 is 6.12. The lowest BCUT2D eigenvalue weighted by Crippen LogP contribution is -2.44. The third-order valence-electron chi connectivity index (χ3n) is 3.33. The molecule has 1 aliphatic rings. The number of hydrogen-bond donors (Lipinski definition) is 3. The Hall–Kier alpha value is -1.35. The van der Waals surface area contributed by atoms with E-state index in [-0.39, 0.29) is 17.6 Å². The van der Waals surface area contributed by atoms with Crippen LogP contribution in [-0.2, 0) is 4.79 Å². The molecule has 1 aliphatic heterocycles. The topological polar surface area (TPSA) is 70.6 Å². The van der Waals surface area contributed by atoms with Crippen molar-refractivity contribution in [3.05, 3.63) is 32.5 Å². The molecule has 2 rings (SSSR count). The molecule has 0 fully saturated rings. The molecule has 7 heteroatoms. The quantitative estimate of drug-likeness (QED) is 0.502. The zero-order valence-corrected chi connectivity index (χ0v) is 15.5. The first kappa shape index (κ1) is 17.0. The number of phenols is 1. The predicted octanol–water partition coefficient (Wildman–Crippen LogP) is 2.78. The monoisotopic (exact) mass is 432 g/mol. The van der Waals surface area contributed by atoms with Gasteiger partial charge < -0.3 is 20.5 Å². The van der Waals surface area contributed by atoms with Crippen molar-refractivity contribution in [1.82, 2.24) is 10.6 Å². The van der Waals surface area contributed by atoms with Gasteiger partial charge in [0.25, 0.3) is 0 Å². The number of rotatable bonds is 4. The van der Waals surface area contributed by atoms with Gasteiger partial charge in [-0.25, -0.2) is 0 Å². The van der Waals surface area contributed by atoms with Gasteiger partial charge in [0.2, 0.25) is 0 Å². The molecule has 0 aromatic heterocycles. The highest BCUT2D eigenvalue weighted by molar-refractivity contribution is 14.1. The van der Waals surface area contributed by atoms with Crippen molar-refractivity contribution < 1.29 is 14.6 Å². The largest absolute Gasteiger partial charge is 0.504 e. The average Bonchev–Trinajstić information content (AvgIpc) is 2.42. The molecule has 1 atom stereocenters. The summed E-state index contributed by atoms with van der Waals surface area (Å²) in [5.41, 5.74) is 2.18. The lowest BCUT2D eigenvalue weighted by Gasteiger charge is -2.30. The maximum Gasteiger partial charge on any atom is 0.171 e. The fourth-order valence-electron chi connectivity index (χ4n) is 2.44. The molecular weight excluding hydrogens is 415 g/mol. The standard InChI is InChI=1S/C15H17IN2O3S/c1-4-21-11-6-9(5-10(16)14(11)20)13-12(8(3)19)7(2)17-15(22)18-13/h5-6,13,20H,4H2,1-3H3,(H2,17,18,22)/t13-/m0/s1. The first-order valence-electron chi connectivity index (χ1n) is 6.79. The zero-order chi connectivity index (χ0) is 16.4. The second kappa shape index (κ2) is 6.82. The Bertz CT molecular complexity index is 673. The van der Waals surface area contributed by atoms with Crippen LogP contribution < -0.4 is 15.4 Å². The first-order chi connectivity index (χ1) is 10.3. The third kappa shape index (κ3) is 3.35. The molecule has 1 aromatic carbocycles. The molecule has 0 aliphatic carbocycles. The highest BCUT2D eigenvalue weighted by atomic mass is 127. The summed E-state index contributed by atoms with van der Waals surface area (Å²) in [6, 6.07) is 3.20. The lowest BCUT2D eigenvalue weighted by molar-refractivity contribution is -0.114. The van der Waals surface area contributed by atoms with E-state index < -0.39 is 0 Å². The molecule has 0 bridgehead atoms. The summed E-state index contributed by atoms with van der Waals surface area (Å²) in [6.45, 7) is 5.64.